The molecule has 2 unspecified atom stereocenters. The molecule has 1 aliphatic rings. The predicted molar refractivity (Wildman–Crippen MR) is 52.8 cm³/mol. The quantitative estimate of drug-likeness (QED) is 0.717. The molecule has 14 heavy (non-hydrogen) atoms. The zero-order valence-electron chi connectivity index (χ0n) is 8.53. The molecule has 1 aromatic rings. The van der Waals surface area contributed by atoms with E-state index < -0.39 is 0 Å². The zero-order valence-corrected chi connectivity index (χ0v) is 8.53. The summed E-state index contributed by atoms with van der Waals surface area (Å²) in [5, 5.41) is 7.51. The number of carbonyl (C=O) groups is 1. The summed E-state index contributed by atoms with van der Waals surface area (Å²) in [7, 11) is 1.89. The van der Waals surface area contributed by atoms with Gasteiger partial charge in [-0.1, -0.05) is 0 Å². The monoisotopic (exact) mass is 193 g/mol. The number of carbonyl (C=O) groups excluding carboxylic acids is 1. The number of aromatic nitrogens is 2. The SMILES string of the molecule is CC1CC(=O)CC(c2cnn(C)c2)N1. The van der Waals surface area contributed by atoms with E-state index in [9.17, 15) is 4.79 Å². The molecule has 2 rings (SSSR count). The average molecular weight is 193 g/mol. The van der Waals surface area contributed by atoms with Crippen LogP contribution in [0, 0.1) is 0 Å². The minimum absolute atomic E-state index is 0.153. The number of aryl methyl sites for hydroxylation is 1. The lowest BCUT2D eigenvalue weighted by Gasteiger charge is -2.27. The summed E-state index contributed by atoms with van der Waals surface area (Å²) in [4.78, 5) is 11.4. The highest BCUT2D eigenvalue weighted by atomic mass is 16.1. The molecule has 0 bridgehead atoms. The lowest BCUT2D eigenvalue weighted by atomic mass is 9.95. The van der Waals surface area contributed by atoms with Gasteiger partial charge in [-0.3, -0.25) is 9.48 Å². The van der Waals surface area contributed by atoms with Crippen molar-refractivity contribution in [1.29, 1.82) is 0 Å². The second-order valence-electron chi connectivity index (χ2n) is 4.01. The van der Waals surface area contributed by atoms with Crippen LogP contribution in [-0.4, -0.2) is 21.6 Å². The van der Waals surface area contributed by atoms with Crippen LogP contribution < -0.4 is 5.32 Å². The number of piperidine rings is 1. The van der Waals surface area contributed by atoms with Crippen LogP contribution >= 0.6 is 0 Å². The molecule has 0 amide bonds. The van der Waals surface area contributed by atoms with Crippen molar-refractivity contribution in [3.8, 4) is 0 Å². The molecule has 4 nitrogen and oxygen atoms in total. The van der Waals surface area contributed by atoms with Gasteiger partial charge in [-0.2, -0.15) is 5.10 Å². The van der Waals surface area contributed by atoms with E-state index in [2.05, 4.69) is 10.4 Å². The Balaban J connectivity index is 2.14. The summed E-state index contributed by atoms with van der Waals surface area (Å²) < 4.78 is 1.76. The van der Waals surface area contributed by atoms with E-state index in [1.165, 1.54) is 0 Å². The van der Waals surface area contributed by atoms with Crippen LogP contribution in [0.3, 0.4) is 0 Å². The van der Waals surface area contributed by atoms with Gasteiger partial charge >= 0.3 is 0 Å². The molecule has 2 heterocycles. The Morgan fingerprint density at radius 3 is 2.93 bits per heavy atom. The normalized spacial score (nSPS) is 28.0. The first-order valence-corrected chi connectivity index (χ1v) is 4.91. The number of nitrogens with one attached hydrogen (secondary N) is 1. The van der Waals surface area contributed by atoms with Crippen molar-refractivity contribution in [1.82, 2.24) is 15.1 Å². The Hall–Kier alpha value is -1.16. The second-order valence-corrected chi connectivity index (χ2v) is 4.01. The summed E-state index contributed by atoms with van der Waals surface area (Å²) in [6.45, 7) is 2.04. The smallest absolute Gasteiger partial charge is 0.136 e. The highest BCUT2D eigenvalue weighted by Crippen LogP contribution is 2.22. The van der Waals surface area contributed by atoms with Gasteiger partial charge in [-0.05, 0) is 6.92 Å². The van der Waals surface area contributed by atoms with Gasteiger partial charge in [0.2, 0.25) is 0 Å². The Kier molecular flexibility index (Phi) is 2.37. The third-order valence-electron chi connectivity index (χ3n) is 2.58. The van der Waals surface area contributed by atoms with E-state index in [0.717, 1.165) is 5.56 Å². The molecule has 1 N–H and O–H groups in total. The number of hydrogen-bond acceptors (Lipinski definition) is 3. The van der Waals surface area contributed by atoms with Gasteiger partial charge in [0, 0.05) is 43.7 Å². The maximum atomic E-state index is 11.4. The standard InChI is InChI=1S/C10H15N3O/c1-7-3-9(14)4-10(12-7)8-5-11-13(2)6-8/h5-7,10,12H,3-4H2,1-2H3. The van der Waals surface area contributed by atoms with Gasteiger partial charge < -0.3 is 5.32 Å². The van der Waals surface area contributed by atoms with E-state index in [1.807, 2.05) is 26.4 Å². The van der Waals surface area contributed by atoms with Crippen molar-refractivity contribution in [3.63, 3.8) is 0 Å². The first kappa shape index (κ1) is 9.40. The van der Waals surface area contributed by atoms with Gasteiger partial charge in [0.15, 0.2) is 0 Å². The Morgan fingerprint density at radius 1 is 1.57 bits per heavy atom. The fraction of sp³-hybridized carbons (Fsp3) is 0.600. The summed E-state index contributed by atoms with van der Waals surface area (Å²) >= 11 is 0. The number of ketones is 1. The van der Waals surface area contributed by atoms with Gasteiger partial charge in [0.1, 0.15) is 5.78 Å². The van der Waals surface area contributed by atoms with E-state index >= 15 is 0 Å². The molecule has 0 radical (unpaired) electrons. The topological polar surface area (TPSA) is 46.9 Å². The Bertz CT molecular complexity index is 345. The number of Topliss-reactive ketones (excluding diaryl/α,β-unsaturated/α-hetero) is 1. The molecule has 1 aliphatic heterocycles. The molecule has 76 valence electrons. The third-order valence-corrected chi connectivity index (χ3v) is 2.58. The summed E-state index contributed by atoms with van der Waals surface area (Å²) in [6.07, 6.45) is 5.03. The van der Waals surface area contributed by atoms with Crippen molar-refractivity contribution in [2.75, 3.05) is 0 Å². The Morgan fingerprint density at radius 2 is 2.36 bits per heavy atom. The van der Waals surface area contributed by atoms with Crippen molar-refractivity contribution < 1.29 is 4.79 Å². The second kappa shape index (κ2) is 3.53. The molecule has 0 aliphatic carbocycles. The van der Waals surface area contributed by atoms with Crippen LogP contribution in [0.5, 0.6) is 0 Å². The molecular formula is C10H15N3O. The third kappa shape index (κ3) is 1.85. The lowest BCUT2D eigenvalue weighted by Crippen LogP contribution is -2.38. The molecule has 1 saturated heterocycles. The predicted octanol–water partition coefficient (Wildman–Crippen LogP) is 0.802. The molecule has 0 saturated carbocycles. The maximum absolute atomic E-state index is 11.4. The fourth-order valence-corrected chi connectivity index (χ4v) is 1.95. The summed E-state index contributed by atoms with van der Waals surface area (Å²) in [6, 6.07) is 0.432. The van der Waals surface area contributed by atoms with Gasteiger partial charge in [0.05, 0.1) is 6.20 Å². The van der Waals surface area contributed by atoms with Crippen LogP contribution in [0.15, 0.2) is 12.4 Å². The first-order chi connectivity index (χ1) is 6.65. The summed E-state index contributed by atoms with van der Waals surface area (Å²) in [5.74, 6) is 0.338. The minimum Gasteiger partial charge on any atom is -0.306 e. The molecule has 4 heteroatoms. The number of rotatable bonds is 1. The van der Waals surface area contributed by atoms with Gasteiger partial charge in [-0.25, -0.2) is 0 Å². The fourth-order valence-electron chi connectivity index (χ4n) is 1.95. The molecular weight excluding hydrogens is 178 g/mol. The van der Waals surface area contributed by atoms with E-state index in [4.69, 9.17) is 0 Å². The van der Waals surface area contributed by atoms with Gasteiger partial charge in [0.25, 0.3) is 0 Å². The molecule has 0 aromatic carbocycles. The molecule has 2 atom stereocenters. The lowest BCUT2D eigenvalue weighted by molar-refractivity contribution is -0.121. The van der Waals surface area contributed by atoms with Crippen LogP contribution in [-0.2, 0) is 11.8 Å². The van der Waals surface area contributed by atoms with Crippen molar-refractivity contribution in [2.24, 2.45) is 7.05 Å². The Labute approximate surface area is 83.3 Å². The van der Waals surface area contributed by atoms with Crippen LogP contribution in [0.1, 0.15) is 31.4 Å². The maximum Gasteiger partial charge on any atom is 0.136 e. The van der Waals surface area contributed by atoms with Crippen LogP contribution in [0.25, 0.3) is 0 Å². The van der Waals surface area contributed by atoms with Crippen molar-refractivity contribution >= 4 is 5.78 Å². The van der Waals surface area contributed by atoms with Gasteiger partial charge in [-0.15, -0.1) is 0 Å². The highest BCUT2D eigenvalue weighted by Gasteiger charge is 2.25. The first-order valence-electron chi connectivity index (χ1n) is 4.91. The van der Waals surface area contributed by atoms with E-state index in [1.54, 1.807) is 4.68 Å². The molecule has 0 spiro atoms. The van der Waals surface area contributed by atoms with Crippen LogP contribution in [0.2, 0.25) is 0 Å². The number of nitrogens with zero attached hydrogens (tertiary/aromatic N) is 2. The largest absolute Gasteiger partial charge is 0.306 e. The highest BCUT2D eigenvalue weighted by molar-refractivity contribution is 5.80. The van der Waals surface area contributed by atoms with Crippen molar-refractivity contribution in [2.45, 2.75) is 31.8 Å². The van der Waals surface area contributed by atoms with E-state index in [-0.39, 0.29) is 12.1 Å². The zero-order chi connectivity index (χ0) is 10.1. The minimum atomic E-state index is 0.153. The molecule has 1 aromatic heterocycles. The van der Waals surface area contributed by atoms with E-state index in [0.29, 0.717) is 18.6 Å². The summed E-state index contributed by atoms with van der Waals surface area (Å²) in [5.41, 5.74) is 1.10. The average Bonchev–Trinajstić information content (AvgIpc) is 2.50. The van der Waals surface area contributed by atoms with Crippen molar-refractivity contribution in [3.05, 3.63) is 18.0 Å². The number of hydrogen-bond donors (Lipinski definition) is 1. The molecule has 1 fully saturated rings. The van der Waals surface area contributed by atoms with Crippen LogP contribution in [0.4, 0.5) is 0 Å².